The van der Waals surface area contributed by atoms with Crippen LogP contribution in [0.3, 0.4) is 0 Å². The topological polar surface area (TPSA) is 104 Å². The molecule has 0 aliphatic carbocycles. The van der Waals surface area contributed by atoms with Crippen molar-refractivity contribution < 1.29 is 19.2 Å². The van der Waals surface area contributed by atoms with Gasteiger partial charge in [0, 0.05) is 18.7 Å². The summed E-state index contributed by atoms with van der Waals surface area (Å²) in [6.07, 6.45) is 0.923. The zero-order valence-electron chi connectivity index (χ0n) is 12.9. The molecule has 0 aliphatic rings. The number of carbonyl (C=O) groups is 2. The van der Waals surface area contributed by atoms with Gasteiger partial charge in [-0.1, -0.05) is 19.0 Å². The Labute approximate surface area is 124 Å². The Morgan fingerprint density at radius 1 is 1.24 bits per heavy atom. The normalized spacial score (nSPS) is 11.2. The van der Waals surface area contributed by atoms with Gasteiger partial charge in [-0.25, -0.2) is 4.79 Å². The Balaban J connectivity index is 2.53. The molecule has 118 valence electrons. The number of aliphatic carboxylic acids is 1. The summed E-state index contributed by atoms with van der Waals surface area (Å²) in [6.45, 7) is 7.59. The number of rotatable bonds is 7. The van der Waals surface area contributed by atoms with E-state index in [1.54, 1.807) is 27.7 Å². The smallest absolute Gasteiger partial charge is 0.315 e. The number of carboxylic acid groups (broad SMARTS) is 1. The predicted octanol–water partition coefficient (Wildman–Crippen LogP) is 1.98. The van der Waals surface area contributed by atoms with Crippen LogP contribution in [0.15, 0.2) is 4.52 Å². The van der Waals surface area contributed by atoms with Crippen LogP contribution in [-0.2, 0) is 11.3 Å². The van der Waals surface area contributed by atoms with Gasteiger partial charge in [0.1, 0.15) is 5.76 Å². The number of nitrogens with one attached hydrogen (secondary N) is 2. The molecule has 0 atom stereocenters. The minimum Gasteiger partial charge on any atom is -0.481 e. The van der Waals surface area contributed by atoms with E-state index in [-0.39, 0.29) is 6.54 Å². The zero-order chi connectivity index (χ0) is 16.0. The number of urea groups is 1. The molecule has 0 spiro atoms. The first-order valence-corrected chi connectivity index (χ1v) is 7.03. The van der Waals surface area contributed by atoms with Gasteiger partial charge in [0.2, 0.25) is 0 Å². The van der Waals surface area contributed by atoms with Crippen molar-refractivity contribution in [1.29, 1.82) is 0 Å². The summed E-state index contributed by atoms with van der Waals surface area (Å²) in [6, 6.07) is -0.400. The molecule has 1 aromatic rings. The molecule has 1 rings (SSSR count). The summed E-state index contributed by atoms with van der Waals surface area (Å²) in [5.74, 6) is -0.228. The number of aromatic nitrogens is 1. The minimum atomic E-state index is -0.916. The lowest BCUT2D eigenvalue weighted by molar-refractivity contribution is -0.149. The number of carbonyl (C=O) groups excluding carboxylic acids is 1. The van der Waals surface area contributed by atoms with Crippen LogP contribution in [0.25, 0.3) is 0 Å². The second-order valence-corrected chi connectivity index (χ2v) is 5.13. The monoisotopic (exact) mass is 297 g/mol. The van der Waals surface area contributed by atoms with Gasteiger partial charge < -0.3 is 20.3 Å². The van der Waals surface area contributed by atoms with E-state index in [0.717, 1.165) is 11.3 Å². The lowest BCUT2D eigenvalue weighted by atomic mass is 9.82. The molecule has 0 unspecified atom stereocenters. The highest BCUT2D eigenvalue weighted by Crippen LogP contribution is 2.25. The summed E-state index contributed by atoms with van der Waals surface area (Å²) in [5, 5.41) is 18.4. The lowest BCUT2D eigenvalue weighted by Gasteiger charge is -2.26. The van der Waals surface area contributed by atoms with E-state index in [2.05, 4.69) is 15.8 Å². The Morgan fingerprint density at radius 2 is 1.86 bits per heavy atom. The van der Waals surface area contributed by atoms with Gasteiger partial charge in [0.25, 0.3) is 0 Å². The summed E-state index contributed by atoms with van der Waals surface area (Å²) in [7, 11) is 0. The number of hydrogen-bond donors (Lipinski definition) is 3. The molecule has 7 heteroatoms. The van der Waals surface area contributed by atoms with Crippen molar-refractivity contribution >= 4 is 12.0 Å². The highest BCUT2D eigenvalue weighted by Gasteiger charge is 2.35. The molecule has 0 aromatic carbocycles. The SMILES string of the molecule is CCC(CC)(CNC(=O)NCc1c(C)noc1C)C(=O)O. The zero-order valence-corrected chi connectivity index (χ0v) is 12.9. The number of amides is 2. The molecule has 2 amide bonds. The van der Waals surface area contributed by atoms with E-state index in [1.807, 2.05) is 0 Å². The Bertz CT molecular complexity index is 487. The number of aryl methyl sites for hydroxylation is 2. The largest absolute Gasteiger partial charge is 0.481 e. The van der Waals surface area contributed by atoms with Gasteiger partial charge in [-0.3, -0.25) is 4.79 Å². The van der Waals surface area contributed by atoms with Crippen LogP contribution < -0.4 is 10.6 Å². The fourth-order valence-corrected chi connectivity index (χ4v) is 2.11. The van der Waals surface area contributed by atoms with Gasteiger partial charge in [0.15, 0.2) is 0 Å². The van der Waals surface area contributed by atoms with E-state index in [0.29, 0.717) is 25.1 Å². The van der Waals surface area contributed by atoms with Crippen molar-refractivity contribution in [2.24, 2.45) is 5.41 Å². The van der Waals surface area contributed by atoms with E-state index >= 15 is 0 Å². The molecule has 3 N–H and O–H groups in total. The summed E-state index contributed by atoms with van der Waals surface area (Å²) in [5.41, 5.74) is 0.649. The number of hydrogen-bond acceptors (Lipinski definition) is 4. The van der Waals surface area contributed by atoms with Crippen LogP contribution in [0.5, 0.6) is 0 Å². The predicted molar refractivity (Wildman–Crippen MR) is 76.9 cm³/mol. The average molecular weight is 297 g/mol. The first-order valence-electron chi connectivity index (χ1n) is 7.03. The fourth-order valence-electron chi connectivity index (χ4n) is 2.11. The van der Waals surface area contributed by atoms with E-state index < -0.39 is 17.4 Å². The van der Waals surface area contributed by atoms with Crippen molar-refractivity contribution in [2.45, 2.75) is 47.1 Å². The van der Waals surface area contributed by atoms with Crippen LogP contribution in [-0.4, -0.2) is 28.8 Å². The highest BCUT2D eigenvalue weighted by molar-refractivity contribution is 5.78. The van der Waals surface area contributed by atoms with Crippen LogP contribution in [0.2, 0.25) is 0 Å². The fraction of sp³-hybridized carbons (Fsp3) is 0.643. The molecule has 0 bridgehead atoms. The van der Waals surface area contributed by atoms with Crippen molar-refractivity contribution in [3.05, 3.63) is 17.0 Å². The maximum Gasteiger partial charge on any atom is 0.315 e. The molecule has 0 fully saturated rings. The van der Waals surface area contributed by atoms with Gasteiger partial charge >= 0.3 is 12.0 Å². The molecular formula is C14H23N3O4. The molecule has 21 heavy (non-hydrogen) atoms. The second-order valence-electron chi connectivity index (χ2n) is 5.13. The third-order valence-electron chi connectivity index (χ3n) is 4.00. The van der Waals surface area contributed by atoms with E-state index in [1.165, 1.54) is 0 Å². The van der Waals surface area contributed by atoms with Crippen molar-refractivity contribution in [2.75, 3.05) is 6.54 Å². The van der Waals surface area contributed by atoms with E-state index in [4.69, 9.17) is 4.52 Å². The lowest BCUT2D eigenvalue weighted by Crippen LogP contribution is -2.45. The maximum absolute atomic E-state index is 11.8. The standard InChI is InChI=1S/C14H23N3O4/c1-5-14(6-2,12(18)19)8-16-13(20)15-7-11-9(3)17-21-10(11)4/h5-8H2,1-4H3,(H,18,19)(H2,15,16,20). The van der Waals surface area contributed by atoms with Crippen molar-refractivity contribution in [3.8, 4) is 0 Å². The van der Waals surface area contributed by atoms with Gasteiger partial charge in [-0.05, 0) is 26.7 Å². The summed E-state index contributed by atoms with van der Waals surface area (Å²) in [4.78, 5) is 23.1. The third kappa shape index (κ3) is 3.96. The van der Waals surface area contributed by atoms with Crippen LogP contribution in [0.1, 0.15) is 43.7 Å². The van der Waals surface area contributed by atoms with Crippen molar-refractivity contribution in [3.63, 3.8) is 0 Å². The molecular weight excluding hydrogens is 274 g/mol. The average Bonchev–Trinajstić information content (AvgIpc) is 2.77. The number of carboxylic acids is 1. The van der Waals surface area contributed by atoms with E-state index in [9.17, 15) is 14.7 Å². The Hall–Kier alpha value is -2.05. The minimum absolute atomic E-state index is 0.1000. The Kier molecular flexibility index (Phi) is 5.75. The number of nitrogens with zero attached hydrogens (tertiary/aromatic N) is 1. The third-order valence-corrected chi connectivity index (χ3v) is 4.00. The molecule has 1 heterocycles. The Morgan fingerprint density at radius 3 is 2.29 bits per heavy atom. The quantitative estimate of drug-likeness (QED) is 0.714. The maximum atomic E-state index is 11.8. The van der Waals surface area contributed by atoms with Gasteiger partial charge in [0.05, 0.1) is 11.1 Å². The molecule has 0 saturated carbocycles. The van der Waals surface area contributed by atoms with Crippen LogP contribution in [0, 0.1) is 19.3 Å². The molecule has 0 radical (unpaired) electrons. The molecule has 0 aliphatic heterocycles. The van der Waals surface area contributed by atoms with Crippen LogP contribution >= 0.6 is 0 Å². The first-order chi connectivity index (χ1) is 9.86. The molecule has 7 nitrogen and oxygen atoms in total. The van der Waals surface area contributed by atoms with Crippen LogP contribution in [0.4, 0.5) is 4.79 Å². The van der Waals surface area contributed by atoms with Gasteiger partial charge in [-0.2, -0.15) is 0 Å². The molecule has 1 aromatic heterocycles. The first kappa shape index (κ1) is 17.0. The second kappa shape index (κ2) is 7.10. The van der Waals surface area contributed by atoms with Gasteiger partial charge in [-0.15, -0.1) is 0 Å². The summed E-state index contributed by atoms with van der Waals surface area (Å²) < 4.78 is 5.01. The highest BCUT2D eigenvalue weighted by atomic mass is 16.5. The van der Waals surface area contributed by atoms with Crippen molar-refractivity contribution in [1.82, 2.24) is 15.8 Å². The molecule has 0 saturated heterocycles. The summed E-state index contributed by atoms with van der Waals surface area (Å²) >= 11 is 0.